The van der Waals surface area contributed by atoms with Gasteiger partial charge in [0.1, 0.15) is 18.1 Å². The quantitative estimate of drug-likeness (QED) is 0.840. The van der Waals surface area contributed by atoms with Gasteiger partial charge in [-0.3, -0.25) is 0 Å². The number of aromatic hydroxyl groups is 1. The van der Waals surface area contributed by atoms with Crippen LogP contribution in [0.2, 0.25) is 0 Å². The predicted molar refractivity (Wildman–Crippen MR) is 83.7 cm³/mol. The molecule has 0 aliphatic heterocycles. The van der Waals surface area contributed by atoms with E-state index in [1.54, 1.807) is 6.07 Å². The van der Waals surface area contributed by atoms with Crippen LogP contribution in [0.25, 0.3) is 0 Å². The fourth-order valence-corrected chi connectivity index (χ4v) is 1.99. The number of rotatable bonds is 6. The number of hydrogen-bond acceptors (Lipinski definition) is 3. The van der Waals surface area contributed by atoms with Crippen molar-refractivity contribution in [2.75, 3.05) is 0 Å². The molecule has 2 rings (SSSR count). The Morgan fingerprint density at radius 2 is 1.77 bits per heavy atom. The summed E-state index contributed by atoms with van der Waals surface area (Å²) in [5, 5.41) is 9.87. The van der Waals surface area contributed by atoms with Crippen LogP contribution in [-0.4, -0.2) is 11.5 Å². The first-order chi connectivity index (χ1) is 10.1. The van der Waals surface area contributed by atoms with Crippen molar-refractivity contribution in [3.8, 4) is 11.5 Å². The molecule has 120 valence electrons. The van der Waals surface area contributed by atoms with Gasteiger partial charge in [-0.25, -0.2) is 8.78 Å². The van der Waals surface area contributed by atoms with Crippen LogP contribution in [0.5, 0.6) is 11.5 Å². The standard InChI is InChI=1S/C16H17F2NO2.ClH/c17-16(18)9-14(19)13-7-6-12(8-15(13)20)21-10-11-4-2-1-3-5-11;/h1-8,14,16,20H,9-10,19H2;1H/t14-;/m1./s1. The van der Waals surface area contributed by atoms with Gasteiger partial charge in [-0.2, -0.15) is 0 Å². The van der Waals surface area contributed by atoms with Crippen molar-refractivity contribution < 1.29 is 18.6 Å². The van der Waals surface area contributed by atoms with E-state index < -0.39 is 18.9 Å². The summed E-state index contributed by atoms with van der Waals surface area (Å²) in [6.07, 6.45) is -2.99. The Bertz CT molecular complexity index is 582. The zero-order chi connectivity index (χ0) is 15.2. The van der Waals surface area contributed by atoms with Gasteiger partial charge in [-0.15, -0.1) is 12.4 Å². The lowest BCUT2D eigenvalue weighted by Gasteiger charge is -2.14. The second-order valence-corrected chi connectivity index (χ2v) is 4.73. The summed E-state index contributed by atoms with van der Waals surface area (Å²) in [6, 6.07) is 13.2. The van der Waals surface area contributed by atoms with Gasteiger partial charge >= 0.3 is 0 Å². The molecule has 0 heterocycles. The average molecular weight is 330 g/mol. The lowest BCUT2D eigenvalue weighted by atomic mass is 10.0. The lowest BCUT2D eigenvalue weighted by molar-refractivity contribution is 0.128. The molecule has 0 aliphatic carbocycles. The maximum Gasteiger partial charge on any atom is 0.240 e. The van der Waals surface area contributed by atoms with E-state index in [0.717, 1.165) is 5.56 Å². The van der Waals surface area contributed by atoms with E-state index in [2.05, 4.69) is 0 Å². The molecule has 22 heavy (non-hydrogen) atoms. The molecule has 2 aromatic carbocycles. The van der Waals surface area contributed by atoms with Crippen LogP contribution >= 0.6 is 12.4 Å². The van der Waals surface area contributed by atoms with Crippen molar-refractivity contribution in [3.05, 3.63) is 59.7 Å². The zero-order valence-corrected chi connectivity index (χ0v) is 12.6. The van der Waals surface area contributed by atoms with Crippen molar-refractivity contribution in [1.29, 1.82) is 0 Å². The summed E-state index contributed by atoms with van der Waals surface area (Å²) in [5.41, 5.74) is 6.92. The molecule has 0 spiro atoms. The van der Waals surface area contributed by atoms with Crippen LogP contribution in [0.15, 0.2) is 48.5 Å². The number of alkyl halides is 2. The van der Waals surface area contributed by atoms with Crippen molar-refractivity contribution in [3.63, 3.8) is 0 Å². The number of nitrogens with two attached hydrogens (primary N) is 1. The first-order valence-corrected chi connectivity index (χ1v) is 6.59. The molecule has 6 heteroatoms. The molecule has 1 atom stereocenters. The molecule has 0 fully saturated rings. The molecule has 0 radical (unpaired) electrons. The SMILES string of the molecule is Cl.N[C@H](CC(F)F)c1ccc(OCc2ccccc2)cc1O. The molecule has 3 N–H and O–H groups in total. The Labute approximate surface area is 134 Å². The van der Waals surface area contributed by atoms with Gasteiger partial charge in [0.25, 0.3) is 0 Å². The van der Waals surface area contributed by atoms with Crippen LogP contribution < -0.4 is 10.5 Å². The molecule has 0 bridgehead atoms. The molecule has 0 aromatic heterocycles. The van der Waals surface area contributed by atoms with Crippen molar-refractivity contribution >= 4 is 12.4 Å². The summed E-state index contributed by atoms with van der Waals surface area (Å²) < 4.78 is 30.1. The maximum absolute atomic E-state index is 12.3. The molecule has 3 nitrogen and oxygen atoms in total. The van der Waals surface area contributed by atoms with E-state index in [1.165, 1.54) is 12.1 Å². The molecule has 0 saturated carbocycles. The van der Waals surface area contributed by atoms with E-state index in [1.807, 2.05) is 30.3 Å². The summed E-state index contributed by atoms with van der Waals surface area (Å²) in [5.74, 6) is 0.332. The third-order valence-electron chi connectivity index (χ3n) is 3.08. The Kier molecular flexibility index (Phi) is 7.08. The molecule has 0 unspecified atom stereocenters. The maximum atomic E-state index is 12.3. The van der Waals surface area contributed by atoms with Gasteiger partial charge in [0, 0.05) is 24.1 Å². The van der Waals surface area contributed by atoms with Gasteiger partial charge in [-0.1, -0.05) is 36.4 Å². The molecule has 2 aromatic rings. The molecule has 0 amide bonds. The van der Waals surface area contributed by atoms with Crippen LogP contribution in [0.4, 0.5) is 8.78 Å². The number of ether oxygens (including phenoxy) is 1. The minimum Gasteiger partial charge on any atom is -0.507 e. The normalized spacial score (nSPS) is 11.8. The Morgan fingerprint density at radius 3 is 2.36 bits per heavy atom. The monoisotopic (exact) mass is 329 g/mol. The van der Waals surface area contributed by atoms with Crippen LogP contribution in [0.1, 0.15) is 23.6 Å². The average Bonchev–Trinajstić information content (AvgIpc) is 2.45. The smallest absolute Gasteiger partial charge is 0.240 e. The van der Waals surface area contributed by atoms with Crippen molar-refractivity contribution in [2.24, 2.45) is 5.73 Å². The van der Waals surface area contributed by atoms with Crippen LogP contribution in [-0.2, 0) is 6.61 Å². The highest BCUT2D eigenvalue weighted by atomic mass is 35.5. The van der Waals surface area contributed by atoms with Crippen molar-refractivity contribution in [1.82, 2.24) is 0 Å². The predicted octanol–water partition coefficient (Wildman–Crippen LogP) is 4.05. The Morgan fingerprint density at radius 1 is 1.09 bits per heavy atom. The van der Waals surface area contributed by atoms with E-state index in [0.29, 0.717) is 17.9 Å². The minimum absolute atomic E-state index is 0. The van der Waals surface area contributed by atoms with Crippen LogP contribution in [0.3, 0.4) is 0 Å². The van der Waals surface area contributed by atoms with E-state index >= 15 is 0 Å². The Balaban J connectivity index is 0.00000242. The fourth-order valence-electron chi connectivity index (χ4n) is 1.99. The lowest BCUT2D eigenvalue weighted by Crippen LogP contribution is -2.14. The topological polar surface area (TPSA) is 55.5 Å². The van der Waals surface area contributed by atoms with Gasteiger partial charge < -0.3 is 15.6 Å². The third kappa shape index (κ3) is 5.16. The molecule has 0 aliphatic rings. The van der Waals surface area contributed by atoms with Gasteiger partial charge in [0.05, 0.1) is 0 Å². The van der Waals surface area contributed by atoms with E-state index in [4.69, 9.17) is 10.5 Å². The minimum atomic E-state index is -2.51. The number of benzene rings is 2. The second kappa shape index (κ2) is 8.56. The first kappa shape index (κ1) is 18.2. The van der Waals surface area contributed by atoms with E-state index in [-0.39, 0.29) is 18.2 Å². The van der Waals surface area contributed by atoms with Gasteiger partial charge in [0.2, 0.25) is 6.43 Å². The fraction of sp³-hybridized carbons (Fsp3) is 0.250. The van der Waals surface area contributed by atoms with Gasteiger partial charge in [0.15, 0.2) is 0 Å². The first-order valence-electron chi connectivity index (χ1n) is 6.59. The van der Waals surface area contributed by atoms with Crippen LogP contribution in [0, 0.1) is 0 Å². The highest BCUT2D eigenvalue weighted by Gasteiger charge is 2.16. The van der Waals surface area contributed by atoms with Crippen molar-refractivity contribution in [2.45, 2.75) is 25.5 Å². The summed E-state index contributed by atoms with van der Waals surface area (Å²) in [6.45, 7) is 0.364. The molecular formula is C16H18ClF2NO2. The number of phenols is 1. The Hall–Kier alpha value is -1.85. The highest BCUT2D eigenvalue weighted by Crippen LogP contribution is 2.30. The number of hydrogen-bond donors (Lipinski definition) is 2. The molecule has 0 saturated heterocycles. The second-order valence-electron chi connectivity index (χ2n) is 4.73. The zero-order valence-electron chi connectivity index (χ0n) is 11.8. The largest absolute Gasteiger partial charge is 0.507 e. The van der Waals surface area contributed by atoms with Gasteiger partial charge in [-0.05, 0) is 11.6 Å². The van der Waals surface area contributed by atoms with E-state index in [9.17, 15) is 13.9 Å². The number of phenolic OH excluding ortho intramolecular Hbond substituents is 1. The summed E-state index contributed by atoms with van der Waals surface area (Å²) >= 11 is 0. The summed E-state index contributed by atoms with van der Waals surface area (Å²) in [4.78, 5) is 0. The molecular weight excluding hydrogens is 312 g/mol. The highest BCUT2D eigenvalue weighted by molar-refractivity contribution is 5.85. The summed E-state index contributed by atoms with van der Waals surface area (Å²) in [7, 11) is 0. The third-order valence-corrected chi connectivity index (χ3v) is 3.08. The number of halogens is 3.